The van der Waals surface area contributed by atoms with Crippen LogP contribution in [0.15, 0.2) is 64.4 Å². The topological polar surface area (TPSA) is 69.6 Å². The summed E-state index contributed by atoms with van der Waals surface area (Å²) in [7, 11) is 0. The lowest BCUT2D eigenvalue weighted by atomic mass is 9.90. The number of carbonyl (C=O) groups excluding carboxylic acids is 1. The molecule has 27 heavy (non-hydrogen) atoms. The first kappa shape index (κ1) is 19.5. The molecule has 1 aliphatic heterocycles. The number of anilines is 1. The second kappa shape index (κ2) is 8.15. The van der Waals surface area contributed by atoms with Crippen LogP contribution in [-0.2, 0) is 9.59 Å². The first-order valence-corrected chi connectivity index (χ1v) is 9.81. The van der Waals surface area contributed by atoms with Crippen LogP contribution in [0, 0.1) is 5.41 Å². The van der Waals surface area contributed by atoms with E-state index in [1.165, 1.54) is 0 Å². The molecule has 142 valence electrons. The van der Waals surface area contributed by atoms with E-state index in [1.807, 2.05) is 66.4 Å². The fourth-order valence-electron chi connectivity index (χ4n) is 3.18. The number of benzene rings is 2. The van der Waals surface area contributed by atoms with Crippen molar-refractivity contribution in [3.63, 3.8) is 0 Å². The van der Waals surface area contributed by atoms with Gasteiger partial charge >= 0.3 is 5.97 Å². The Morgan fingerprint density at radius 3 is 2.48 bits per heavy atom. The molecule has 2 N–H and O–H groups in total. The minimum Gasteiger partial charge on any atom is -0.481 e. The van der Waals surface area contributed by atoms with E-state index in [9.17, 15) is 14.7 Å². The average Bonchev–Trinajstić information content (AvgIpc) is 3.07. The van der Waals surface area contributed by atoms with E-state index in [0.29, 0.717) is 19.5 Å². The molecule has 1 saturated heterocycles. The zero-order valence-electron chi connectivity index (χ0n) is 15.5. The molecule has 5 nitrogen and oxygen atoms in total. The van der Waals surface area contributed by atoms with Crippen molar-refractivity contribution in [1.82, 2.24) is 4.90 Å². The number of hydrogen-bond donors (Lipinski definition) is 2. The van der Waals surface area contributed by atoms with Crippen LogP contribution in [0.1, 0.15) is 20.3 Å². The van der Waals surface area contributed by atoms with Crippen molar-refractivity contribution in [3.8, 4) is 0 Å². The standard InChI is InChI=1S/C21H24N2O3S/c1-15(23-13-12-21(2,14-23)20(25)26)19(24)22-17-10-6-7-11-18(17)27-16-8-4-3-5-9-16/h3-11,15H,12-14H2,1-2H3,(H,22,24)(H,25,26). The number of para-hydroxylation sites is 1. The highest BCUT2D eigenvalue weighted by atomic mass is 32.2. The molecule has 0 saturated carbocycles. The first-order chi connectivity index (χ1) is 12.9. The van der Waals surface area contributed by atoms with Crippen LogP contribution in [0.25, 0.3) is 0 Å². The Hall–Kier alpha value is -2.31. The molecule has 2 aromatic rings. The highest BCUT2D eigenvalue weighted by Crippen LogP contribution is 2.34. The van der Waals surface area contributed by atoms with Gasteiger partial charge in [0, 0.05) is 22.9 Å². The maximum absolute atomic E-state index is 12.8. The lowest BCUT2D eigenvalue weighted by Gasteiger charge is -2.25. The molecular weight excluding hydrogens is 360 g/mol. The van der Waals surface area contributed by atoms with Gasteiger partial charge in [0.05, 0.1) is 17.1 Å². The molecule has 1 amide bonds. The third-order valence-electron chi connectivity index (χ3n) is 5.06. The van der Waals surface area contributed by atoms with Crippen LogP contribution in [0.5, 0.6) is 0 Å². The molecular formula is C21H24N2O3S. The Kier molecular flexibility index (Phi) is 5.87. The largest absolute Gasteiger partial charge is 0.481 e. The molecule has 1 fully saturated rings. The van der Waals surface area contributed by atoms with E-state index in [-0.39, 0.29) is 11.9 Å². The summed E-state index contributed by atoms with van der Waals surface area (Å²) in [6, 6.07) is 17.3. The van der Waals surface area contributed by atoms with E-state index < -0.39 is 11.4 Å². The maximum Gasteiger partial charge on any atom is 0.310 e. The summed E-state index contributed by atoms with van der Waals surface area (Å²) in [6.45, 7) is 4.57. The Morgan fingerprint density at radius 1 is 1.15 bits per heavy atom. The summed E-state index contributed by atoms with van der Waals surface area (Å²) in [5, 5.41) is 12.4. The molecule has 1 heterocycles. The van der Waals surface area contributed by atoms with Gasteiger partial charge in [0.1, 0.15) is 0 Å². The number of rotatable bonds is 6. The van der Waals surface area contributed by atoms with Crippen LogP contribution < -0.4 is 5.32 Å². The number of nitrogens with zero attached hydrogens (tertiary/aromatic N) is 1. The van der Waals surface area contributed by atoms with Gasteiger partial charge in [-0.3, -0.25) is 14.5 Å². The van der Waals surface area contributed by atoms with Crippen LogP contribution in [-0.4, -0.2) is 41.0 Å². The molecule has 0 bridgehead atoms. The summed E-state index contributed by atoms with van der Waals surface area (Å²) in [4.78, 5) is 28.2. The molecule has 2 unspecified atom stereocenters. The predicted molar refractivity (Wildman–Crippen MR) is 107 cm³/mol. The predicted octanol–water partition coefficient (Wildman–Crippen LogP) is 3.96. The fraction of sp³-hybridized carbons (Fsp3) is 0.333. The summed E-state index contributed by atoms with van der Waals surface area (Å²) < 4.78 is 0. The molecule has 0 aromatic heterocycles. The number of carboxylic acids is 1. The smallest absolute Gasteiger partial charge is 0.310 e. The van der Waals surface area contributed by atoms with E-state index in [1.54, 1.807) is 18.7 Å². The van der Waals surface area contributed by atoms with Crippen molar-refractivity contribution in [1.29, 1.82) is 0 Å². The van der Waals surface area contributed by atoms with Gasteiger partial charge in [-0.15, -0.1) is 0 Å². The minimum absolute atomic E-state index is 0.120. The zero-order valence-corrected chi connectivity index (χ0v) is 16.3. The summed E-state index contributed by atoms with van der Waals surface area (Å²) in [5.41, 5.74) is -0.0151. The number of carbonyl (C=O) groups is 2. The van der Waals surface area contributed by atoms with Gasteiger partial charge in [-0.25, -0.2) is 0 Å². The second-order valence-electron chi connectivity index (χ2n) is 7.16. The molecule has 0 aliphatic carbocycles. The number of hydrogen-bond acceptors (Lipinski definition) is 4. The number of aliphatic carboxylic acids is 1. The molecule has 2 atom stereocenters. The van der Waals surface area contributed by atoms with Crippen LogP contribution in [0.3, 0.4) is 0 Å². The maximum atomic E-state index is 12.8. The van der Waals surface area contributed by atoms with E-state index in [0.717, 1.165) is 15.5 Å². The summed E-state index contributed by atoms with van der Waals surface area (Å²) in [6.07, 6.45) is 0.556. The number of nitrogens with one attached hydrogen (secondary N) is 1. The quantitative estimate of drug-likeness (QED) is 0.789. The molecule has 2 aromatic carbocycles. The third-order valence-corrected chi connectivity index (χ3v) is 6.15. The Morgan fingerprint density at radius 2 is 1.81 bits per heavy atom. The fourth-order valence-corrected chi connectivity index (χ4v) is 4.10. The Labute approximate surface area is 163 Å². The van der Waals surface area contributed by atoms with Crippen LogP contribution >= 0.6 is 11.8 Å². The Balaban J connectivity index is 1.69. The van der Waals surface area contributed by atoms with E-state index in [2.05, 4.69) is 5.32 Å². The SMILES string of the molecule is CC(C(=O)Nc1ccccc1Sc1ccccc1)N1CCC(C)(C(=O)O)C1. The number of amides is 1. The molecule has 6 heteroatoms. The van der Waals surface area contributed by atoms with Crippen molar-refractivity contribution in [3.05, 3.63) is 54.6 Å². The van der Waals surface area contributed by atoms with E-state index in [4.69, 9.17) is 0 Å². The van der Waals surface area contributed by atoms with Crippen LogP contribution in [0.2, 0.25) is 0 Å². The molecule has 1 aliphatic rings. The van der Waals surface area contributed by atoms with Crippen molar-refractivity contribution >= 4 is 29.3 Å². The molecule has 0 radical (unpaired) electrons. The van der Waals surface area contributed by atoms with Gasteiger partial charge < -0.3 is 10.4 Å². The highest BCUT2D eigenvalue weighted by molar-refractivity contribution is 7.99. The lowest BCUT2D eigenvalue weighted by molar-refractivity contribution is -0.147. The third kappa shape index (κ3) is 4.51. The second-order valence-corrected chi connectivity index (χ2v) is 8.28. The Bertz CT molecular complexity index is 827. The van der Waals surface area contributed by atoms with Gasteiger partial charge in [-0.2, -0.15) is 0 Å². The van der Waals surface area contributed by atoms with Gasteiger partial charge in [0.15, 0.2) is 0 Å². The van der Waals surface area contributed by atoms with E-state index >= 15 is 0 Å². The normalized spacial score (nSPS) is 21.0. The molecule has 0 spiro atoms. The zero-order chi connectivity index (χ0) is 19.4. The highest BCUT2D eigenvalue weighted by Gasteiger charge is 2.42. The van der Waals surface area contributed by atoms with Crippen molar-refractivity contribution in [2.24, 2.45) is 5.41 Å². The molecule has 3 rings (SSSR count). The summed E-state index contributed by atoms with van der Waals surface area (Å²) >= 11 is 1.60. The number of likely N-dealkylation sites (tertiary alicyclic amines) is 1. The van der Waals surface area contributed by atoms with Gasteiger partial charge in [-0.1, -0.05) is 42.1 Å². The van der Waals surface area contributed by atoms with Gasteiger partial charge in [0.25, 0.3) is 0 Å². The lowest BCUT2D eigenvalue weighted by Crippen LogP contribution is -2.42. The first-order valence-electron chi connectivity index (χ1n) is 8.99. The van der Waals surface area contributed by atoms with Crippen molar-refractivity contribution < 1.29 is 14.7 Å². The van der Waals surface area contributed by atoms with Crippen molar-refractivity contribution in [2.45, 2.75) is 36.1 Å². The van der Waals surface area contributed by atoms with Crippen molar-refractivity contribution in [2.75, 3.05) is 18.4 Å². The summed E-state index contributed by atoms with van der Waals surface area (Å²) in [5.74, 6) is -0.923. The minimum atomic E-state index is -0.804. The van der Waals surface area contributed by atoms with Gasteiger partial charge in [-0.05, 0) is 44.5 Å². The van der Waals surface area contributed by atoms with Crippen LogP contribution in [0.4, 0.5) is 5.69 Å². The number of carboxylic acid groups (broad SMARTS) is 1. The monoisotopic (exact) mass is 384 g/mol. The average molecular weight is 385 g/mol. The van der Waals surface area contributed by atoms with Gasteiger partial charge in [0.2, 0.25) is 5.91 Å².